The van der Waals surface area contributed by atoms with Crippen molar-refractivity contribution in [2.75, 3.05) is 6.54 Å². The smallest absolute Gasteiger partial charge is 0.115 e. The van der Waals surface area contributed by atoms with E-state index in [2.05, 4.69) is 6.92 Å². The molecule has 0 aromatic rings. The van der Waals surface area contributed by atoms with E-state index in [1.807, 2.05) is 0 Å². The second-order valence-electron chi connectivity index (χ2n) is 5.20. The maximum atomic E-state index is 9.94. The van der Waals surface area contributed by atoms with Gasteiger partial charge in [-0.15, -0.1) is 0 Å². The average molecular weight is 217 g/mol. The Bertz CT molecular complexity index is 153. The van der Waals surface area contributed by atoms with E-state index in [4.69, 9.17) is 0 Å². The number of nitrogens with zero attached hydrogens (tertiary/aromatic N) is 1. The molecular weight excluding hydrogens is 190 g/mol. The Kier molecular flexibility index (Phi) is 5.78. The van der Waals surface area contributed by atoms with E-state index in [-0.39, 0.29) is 0 Å². The molecule has 0 aliphatic rings. The second-order valence-corrected chi connectivity index (χ2v) is 5.20. The quantitative estimate of drug-likeness (QED) is 0.508. The van der Waals surface area contributed by atoms with E-state index in [0.29, 0.717) is 0 Å². The largest absolute Gasteiger partial charge is 0.376 e. The van der Waals surface area contributed by atoms with Crippen LogP contribution in [0.2, 0.25) is 0 Å². The summed E-state index contributed by atoms with van der Waals surface area (Å²) in [4.78, 5) is 1.73. The number of hydrogen-bond acceptors (Lipinski definition) is 3. The fourth-order valence-electron chi connectivity index (χ4n) is 1.91. The molecule has 3 nitrogen and oxygen atoms in total. The van der Waals surface area contributed by atoms with Gasteiger partial charge in [0.15, 0.2) is 0 Å². The van der Waals surface area contributed by atoms with Crippen molar-refractivity contribution in [1.82, 2.24) is 4.90 Å². The molecule has 15 heavy (non-hydrogen) atoms. The Morgan fingerprint density at radius 1 is 0.867 bits per heavy atom. The van der Waals surface area contributed by atoms with Gasteiger partial charge >= 0.3 is 0 Å². The summed E-state index contributed by atoms with van der Waals surface area (Å²) in [6.07, 6.45) is 4.58. The molecule has 0 saturated heterocycles. The Balaban J connectivity index is 4.17. The third-order valence-corrected chi connectivity index (χ3v) is 2.56. The zero-order valence-electron chi connectivity index (χ0n) is 10.9. The van der Waals surface area contributed by atoms with Crippen molar-refractivity contribution in [3.8, 4) is 0 Å². The van der Waals surface area contributed by atoms with Crippen LogP contribution in [0.3, 0.4) is 0 Å². The maximum absolute atomic E-state index is 9.94. The first-order chi connectivity index (χ1) is 6.69. The van der Waals surface area contributed by atoms with Crippen LogP contribution in [0.1, 0.15) is 60.3 Å². The van der Waals surface area contributed by atoms with Gasteiger partial charge in [-0.2, -0.15) is 0 Å². The highest BCUT2D eigenvalue weighted by atomic mass is 16.3. The van der Waals surface area contributed by atoms with Gasteiger partial charge in [0.1, 0.15) is 11.4 Å². The molecule has 0 unspecified atom stereocenters. The van der Waals surface area contributed by atoms with Crippen LogP contribution in [0, 0.1) is 0 Å². The van der Waals surface area contributed by atoms with Crippen molar-refractivity contribution in [1.29, 1.82) is 0 Å². The van der Waals surface area contributed by atoms with Crippen LogP contribution >= 0.6 is 0 Å². The first-order valence-corrected chi connectivity index (χ1v) is 5.92. The zero-order chi connectivity index (χ0) is 12.1. The number of aliphatic hydroxyl groups is 2. The molecule has 0 atom stereocenters. The standard InChI is InChI=1S/C12H27NO2/c1-6-7-8-9-10-13(11(2,3)14)12(4,5)15/h14-15H,6-10H2,1-5H3. The Morgan fingerprint density at radius 2 is 1.33 bits per heavy atom. The van der Waals surface area contributed by atoms with Crippen molar-refractivity contribution in [2.24, 2.45) is 0 Å². The van der Waals surface area contributed by atoms with Gasteiger partial charge < -0.3 is 10.2 Å². The first-order valence-electron chi connectivity index (χ1n) is 5.92. The van der Waals surface area contributed by atoms with Gasteiger partial charge in [-0.3, -0.25) is 0 Å². The summed E-state index contributed by atoms with van der Waals surface area (Å²) in [7, 11) is 0. The number of rotatable bonds is 7. The molecule has 0 fully saturated rings. The summed E-state index contributed by atoms with van der Waals surface area (Å²) >= 11 is 0. The van der Waals surface area contributed by atoms with E-state index in [1.54, 1.807) is 32.6 Å². The van der Waals surface area contributed by atoms with Crippen molar-refractivity contribution in [2.45, 2.75) is 71.8 Å². The molecule has 0 aromatic heterocycles. The van der Waals surface area contributed by atoms with Crippen molar-refractivity contribution < 1.29 is 10.2 Å². The molecule has 0 rings (SSSR count). The highest BCUT2D eigenvalue weighted by Crippen LogP contribution is 2.21. The molecule has 0 heterocycles. The van der Waals surface area contributed by atoms with Gasteiger partial charge in [-0.1, -0.05) is 26.2 Å². The van der Waals surface area contributed by atoms with Crippen molar-refractivity contribution in [3.63, 3.8) is 0 Å². The van der Waals surface area contributed by atoms with Gasteiger partial charge in [0.2, 0.25) is 0 Å². The van der Waals surface area contributed by atoms with Crippen LogP contribution < -0.4 is 0 Å². The fourth-order valence-corrected chi connectivity index (χ4v) is 1.91. The van der Waals surface area contributed by atoms with E-state index in [9.17, 15) is 10.2 Å². The second kappa shape index (κ2) is 5.83. The van der Waals surface area contributed by atoms with Gasteiger partial charge in [0, 0.05) is 6.54 Å². The predicted octanol–water partition coefficient (Wildman–Crippen LogP) is 2.33. The summed E-state index contributed by atoms with van der Waals surface area (Å²) < 4.78 is 0. The van der Waals surface area contributed by atoms with Crippen LogP contribution in [0.15, 0.2) is 0 Å². The van der Waals surface area contributed by atoms with Gasteiger partial charge in [-0.25, -0.2) is 4.90 Å². The monoisotopic (exact) mass is 217 g/mol. The Labute approximate surface area is 94.1 Å². The van der Waals surface area contributed by atoms with Crippen LogP contribution in [0.5, 0.6) is 0 Å². The third-order valence-electron chi connectivity index (χ3n) is 2.56. The number of hydrogen-bond donors (Lipinski definition) is 2. The lowest BCUT2D eigenvalue weighted by Crippen LogP contribution is -2.55. The fraction of sp³-hybridized carbons (Fsp3) is 1.00. The number of unbranched alkanes of at least 4 members (excludes halogenated alkanes) is 3. The van der Waals surface area contributed by atoms with Gasteiger partial charge in [0.25, 0.3) is 0 Å². The predicted molar refractivity (Wildman–Crippen MR) is 63.4 cm³/mol. The van der Waals surface area contributed by atoms with E-state index >= 15 is 0 Å². The van der Waals surface area contributed by atoms with Crippen LogP contribution in [0.4, 0.5) is 0 Å². The van der Waals surface area contributed by atoms with E-state index in [1.165, 1.54) is 12.8 Å². The normalized spacial score (nSPS) is 13.6. The van der Waals surface area contributed by atoms with Gasteiger partial charge in [-0.05, 0) is 34.1 Å². The molecule has 0 spiro atoms. The lowest BCUT2D eigenvalue weighted by atomic mass is 10.1. The van der Waals surface area contributed by atoms with Crippen molar-refractivity contribution in [3.05, 3.63) is 0 Å². The van der Waals surface area contributed by atoms with Crippen LogP contribution in [-0.2, 0) is 0 Å². The van der Waals surface area contributed by atoms with Gasteiger partial charge in [0.05, 0.1) is 0 Å². The minimum Gasteiger partial charge on any atom is -0.376 e. The maximum Gasteiger partial charge on any atom is 0.115 e. The zero-order valence-corrected chi connectivity index (χ0v) is 10.9. The molecule has 0 bridgehead atoms. The molecule has 3 heteroatoms. The SMILES string of the molecule is CCCCCCN(C(C)(C)O)C(C)(C)O. The summed E-state index contributed by atoms with van der Waals surface area (Å²) in [5, 5.41) is 19.9. The van der Waals surface area contributed by atoms with Crippen LogP contribution in [-0.4, -0.2) is 33.1 Å². The average Bonchev–Trinajstić information content (AvgIpc) is 1.99. The van der Waals surface area contributed by atoms with Crippen molar-refractivity contribution >= 4 is 0 Å². The lowest BCUT2D eigenvalue weighted by Gasteiger charge is -2.42. The minimum atomic E-state index is -0.968. The molecule has 0 aliphatic carbocycles. The first kappa shape index (κ1) is 14.9. The van der Waals surface area contributed by atoms with E-state index in [0.717, 1.165) is 19.4 Å². The van der Waals surface area contributed by atoms with E-state index < -0.39 is 11.4 Å². The molecule has 2 N–H and O–H groups in total. The lowest BCUT2D eigenvalue weighted by molar-refractivity contribution is -0.200. The summed E-state index contributed by atoms with van der Waals surface area (Å²) in [6, 6.07) is 0. The van der Waals surface area contributed by atoms with Crippen LogP contribution in [0.25, 0.3) is 0 Å². The Hall–Kier alpha value is -0.120. The minimum absolute atomic E-state index is 0.729. The highest BCUT2D eigenvalue weighted by molar-refractivity contribution is 4.77. The topological polar surface area (TPSA) is 43.7 Å². The molecule has 0 aliphatic heterocycles. The highest BCUT2D eigenvalue weighted by Gasteiger charge is 2.33. The summed E-state index contributed by atoms with van der Waals surface area (Å²) in [5.41, 5.74) is -1.94. The molecule has 0 amide bonds. The summed E-state index contributed by atoms with van der Waals surface area (Å²) in [6.45, 7) is 9.75. The molecule has 0 radical (unpaired) electrons. The Morgan fingerprint density at radius 3 is 1.67 bits per heavy atom. The summed E-state index contributed by atoms with van der Waals surface area (Å²) in [5.74, 6) is 0. The third kappa shape index (κ3) is 6.13. The molecular formula is C12H27NO2. The molecule has 92 valence electrons. The molecule has 0 aromatic carbocycles. The molecule has 0 saturated carbocycles.